The molecule has 0 fully saturated rings. The highest BCUT2D eigenvalue weighted by molar-refractivity contribution is 7.97. The Morgan fingerprint density at radius 2 is 1.20 bits per heavy atom. The molecule has 0 saturated heterocycles. The van der Waals surface area contributed by atoms with Crippen molar-refractivity contribution >= 4 is 33.9 Å². The van der Waals surface area contributed by atoms with Gasteiger partial charge in [-0.1, -0.05) is 104 Å². The first-order chi connectivity index (χ1) is 17.2. The summed E-state index contributed by atoms with van der Waals surface area (Å²) in [5.41, 5.74) is 0.483. The molecule has 0 saturated carbocycles. The Morgan fingerprint density at radius 3 is 1.60 bits per heavy atom. The molecule has 0 N–H and O–H groups in total. The molecule has 0 bridgehead atoms. The van der Waals surface area contributed by atoms with Crippen molar-refractivity contribution in [3.63, 3.8) is 0 Å². The molecule has 174 valence electrons. The second-order valence-electron chi connectivity index (χ2n) is 8.19. The molecular formula is C31H28NO2P. The number of carbonyl (C=O) groups excluding carboxylic acids is 1. The topological polar surface area (TPSA) is 50.1 Å². The van der Waals surface area contributed by atoms with Crippen LogP contribution in [0.3, 0.4) is 0 Å². The van der Waals surface area contributed by atoms with Crippen LogP contribution in [0.15, 0.2) is 115 Å². The van der Waals surface area contributed by atoms with Crippen LogP contribution in [0.5, 0.6) is 5.75 Å². The molecule has 4 aromatic rings. The maximum atomic E-state index is 14.0. The minimum absolute atomic E-state index is 0.252. The van der Waals surface area contributed by atoms with Gasteiger partial charge in [-0.2, -0.15) is 5.26 Å². The van der Waals surface area contributed by atoms with Gasteiger partial charge >= 0.3 is 0 Å². The molecule has 0 unspecified atom stereocenters. The van der Waals surface area contributed by atoms with Gasteiger partial charge < -0.3 is 4.74 Å². The van der Waals surface area contributed by atoms with Crippen molar-refractivity contribution in [1.29, 1.82) is 5.26 Å². The standard InChI is InChI=1S/C31H28NO2P/c1-2-3-23-34-26-21-19-25(20-22-26)31(33)30(24-32)35(27-13-7-4-8-14-27,28-15-9-5-10-16-28)29-17-11-6-12-18-29/h4-22H,2-3,23H2,1H3. The molecule has 4 aromatic carbocycles. The molecule has 0 aliphatic carbocycles. The SMILES string of the molecule is CCCCOc1ccc(C(=O)C(C#N)=P(c2ccccc2)(c2ccccc2)c2ccccc2)cc1. The van der Waals surface area contributed by atoms with Crippen molar-refractivity contribution in [2.24, 2.45) is 0 Å². The van der Waals surface area contributed by atoms with E-state index in [9.17, 15) is 10.1 Å². The maximum absolute atomic E-state index is 14.0. The first-order valence-corrected chi connectivity index (χ1v) is 13.6. The Labute approximate surface area is 207 Å². The lowest BCUT2D eigenvalue weighted by Gasteiger charge is -2.30. The third-order valence-corrected chi connectivity index (χ3v) is 10.2. The Bertz CT molecular complexity index is 1250. The van der Waals surface area contributed by atoms with Crippen molar-refractivity contribution in [3.8, 4) is 11.8 Å². The molecule has 0 heterocycles. The van der Waals surface area contributed by atoms with Crippen LogP contribution in [-0.4, -0.2) is 17.7 Å². The van der Waals surface area contributed by atoms with Crippen LogP contribution >= 0.6 is 6.89 Å². The molecule has 0 aromatic heterocycles. The number of Topliss-reactive ketones (excluding diaryl/α,β-unsaturated/α-hetero) is 1. The average molecular weight is 478 g/mol. The number of hydrogen-bond acceptors (Lipinski definition) is 3. The summed E-state index contributed by atoms with van der Waals surface area (Å²) in [5, 5.41) is 13.8. The van der Waals surface area contributed by atoms with E-state index in [1.165, 1.54) is 0 Å². The van der Waals surface area contributed by atoms with E-state index in [4.69, 9.17) is 4.74 Å². The zero-order chi connectivity index (χ0) is 24.5. The highest BCUT2D eigenvalue weighted by Gasteiger charge is 2.33. The lowest BCUT2D eigenvalue weighted by atomic mass is 10.1. The minimum atomic E-state index is -2.74. The summed E-state index contributed by atoms with van der Waals surface area (Å²) in [7, 11) is 0. The van der Waals surface area contributed by atoms with Crippen LogP contribution in [-0.2, 0) is 0 Å². The molecule has 0 aliphatic rings. The van der Waals surface area contributed by atoms with E-state index in [2.05, 4.69) is 13.0 Å². The van der Waals surface area contributed by atoms with Gasteiger partial charge in [0.1, 0.15) is 17.1 Å². The van der Waals surface area contributed by atoms with Crippen LogP contribution in [0, 0.1) is 11.3 Å². The summed E-state index contributed by atoms with van der Waals surface area (Å²) in [6.07, 6.45) is 2.03. The van der Waals surface area contributed by atoms with Gasteiger partial charge in [0.15, 0.2) is 0 Å². The number of unbranched alkanes of at least 4 members (excludes halogenated alkanes) is 1. The number of benzene rings is 4. The molecule has 3 nitrogen and oxygen atoms in total. The zero-order valence-corrected chi connectivity index (χ0v) is 20.7. The minimum Gasteiger partial charge on any atom is -0.494 e. The molecule has 0 radical (unpaired) electrons. The van der Waals surface area contributed by atoms with Crippen LogP contribution in [0.1, 0.15) is 30.1 Å². The number of ether oxygens (including phenoxy) is 1. The number of rotatable bonds is 9. The quantitative estimate of drug-likeness (QED) is 0.176. The third-order valence-electron chi connectivity index (χ3n) is 5.97. The molecule has 0 spiro atoms. The van der Waals surface area contributed by atoms with E-state index in [0.29, 0.717) is 12.2 Å². The van der Waals surface area contributed by atoms with Gasteiger partial charge in [-0.3, -0.25) is 4.79 Å². The Kier molecular flexibility index (Phi) is 7.99. The number of carbonyl (C=O) groups is 1. The lowest BCUT2D eigenvalue weighted by Crippen LogP contribution is -2.33. The fraction of sp³-hybridized carbons (Fsp3) is 0.129. The van der Waals surface area contributed by atoms with Gasteiger partial charge in [-0.25, -0.2) is 0 Å². The average Bonchev–Trinajstić information content (AvgIpc) is 2.93. The second kappa shape index (κ2) is 11.5. The fourth-order valence-electron chi connectivity index (χ4n) is 4.24. The summed E-state index contributed by atoms with van der Waals surface area (Å²) in [6.45, 7) is 0.0161. The van der Waals surface area contributed by atoms with Gasteiger partial charge in [-0.05, 0) is 53.5 Å². The van der Waals surface area contributed by atoms with Crippen molar-refractivity contribution in [3.05, 3.63) is 121 Å². The Hall–Kier alpha value is -3.86. The van der Waals surface area contributed by atoms with E-state index >= 15 is 0 Å². The highest BCUT2D eigenvalue weighted by Crippen LogP contribution is 2.46. The Morgan fingerprint density at radius 1 is 0.743 bits per heavy atom. The van der Waals surface area contributed by atoms with Crippen LogP contribution in [0.2, 0.25) is 0 Å². The van der Waals surface area contributed by atoms with Crippen molar-refractivity contribution in [1.82, 2.24) is 0 Å². The normalized spacial score (nSPS) is 10.9. The van der Waals surface area contributed by atoms with Gasteiger partial charge in [0.05, 0.1) is 6.61 Å². The molecule has 0 aliphatic heterocycles. The van der Waals surface area contributed by atoms with Gasteiger partial charge in [-0.15, -0.1) is 0 Å². The van der Waals surface area contributed by atoms with Gasteiger partial charge in [0, 0.05) is 5.56 Å². The van der Waals surface area contributed by atoms with Crippen LogP contribution < -0.4 is 20.7 Å². The summed E-state index contributed by atoms with van der Waals surface area (Å²) in [5.74, 6) is 0.473. The molecular weight excluding hydrogens is 449 g/mol. The largest absolute Gasteiger partial charge is 0.494 e. The first kappa shape index (κ1) is 24.3. The van der Waals surface area contributed by atoms with Crippen molar-refractivity contribution in [2.45, 2.75) is 19.8 Å². The predicted octanol–water partition coefficient (Wildman–Crippen LogP) is 5.74. The highest BCUT2D eigenvalue weighted by atomic mass is 31.2. The first-order valence-electron chi connectivity index (χ1n) is 11.8. The molecule has 35 heavy (non-hydrogen) atoms. The Balaban J connectivity index is 1.98. The predicted molar refractivity (Wildman–Crippen MR) is 147 cm³/mol. The van der Waals surface area contributed by atoms with Gasteiger partial charge in [0.25, 0.3) is 0 Å². The van der Waals surface area contributed by atoms with E-state index in [0.717, 1.165) is 34.5 Å². The van der Waals surface area contributed by atoms with Crippen molar-refractivity contribution < 1.29 is 9.53 Å². The molecule has 4 heteroatoms. The number of hydrogen-bond donors (Lipinski definition) is 0. The molecule has 0 atom stereocenters. The summed E-state index contributed by atoms with van der Waals surface area (Å²) in [4.78, 5) is 14.0. The van der Waals surface area contributed by atoms with Crippen LogP contribution in [0.4, 0.5) is 0 Å². The number of nitriles is 1. The second-order valence-corrected chi connectivity index (χ2v) is 11.5. The zero-order valence-electron chi connectivity index (χ0n) is 19.8. The lowest BCUT2D eigenvalue weighted by molar-refractivity contribution is 0.106. The van der Waals surface area contributed by atoms with Gasteiger partial charge in [0.2, 0.25) is 5.78 Å². The third kappa shape index (κ3) is 4.99. The van der Waals surface area contributed by atoms with E-state index in [1.807, 2.05) is 103 Å². The number of nitrogens with zero attached hydrogens (tertiary/aromatic N) is 1. The van der Waals surface area contributed by atoms with E-state index in [1.54, 1.807) is 12.1 Å². The van der Waals surface area contributed by atoms with Crippen molar-refractivity contribution in [2.75, 3.05) is 6.61 Å². The fourth-order valence-corrected chi connectivity index (χ4v) is 8.35. The number of ketones is 1. The molecule has 0 amide bonds. The summed E-state index contributed by atoms with van der Waals surface area (Å²) in [6, 6.07) is 39.4. The summed E-state index contributed by atoms with van der Waals surface area (Å²) < 4.78 is 5.77. The van der Waals surface area contributed by atoms with E-state index < -0.39 is 6.89 Å². The monoisotopic (exact) mass is 477 g/mol. The van der Waals surface area contributed by atoms with Crippen LogP contribution in [0.25, 0.3) is 0 Å². The molecule has 4 rings (SSSR count). The summed E-state index contributed by atoms with van der Waals surface area (Å²) >= 11 is 0. The maximum Gasteiger partial charge on any atom is 0.204 e. The smallest absolute Gasteiger partial charge is 0.204 e. The van der Waals surface area contributed by atoms with E-state index in [-0.39, 0.29) is 11.1 Å².